The van der Waals surface area contributed by atoms with Crippen molar-refractivity contribution in [2.75, 3.05) is 13.2 Å². The first-order valence-electron chi connectivity index (χ1n) is 32.9. The number of amides is 1. The first-order chi connectivity index (χ1) is 36.5. The second-order valence-corrected chi connectivity index (χ2v) is 22.4. The Bertz CT molecular complexity index is 1240. The molecule has 1 amide bonds. The monoisotopic (exact) mass is 1040 g/mol. The van der Waals surface area contributed by atoms with Crippen LogP contribution in [0.1, 0.15) is 348 Å². The van der Waals surface area contributed by atoms with Crippen LogP contribution in [0.15, 0.2) is 48.6 Å². The Kier molecular flexibility index (Phi) is 61.5. The number of allylic oxidation sites excluding steroid dienone is 8. The largest absolute Gasteiger partial charge is 0.466 e. The first-order valence-corrected chi connectivity index (χ1v) is 32.9. The highest BCUT2D eigenvalue weighted by Gasteiger charge is 2.20. The fourth-order valence-electron chi connectivity index (χ4n) is 10.0. The summed E-state index contributed by atoms with van der Waals surface area (Å²) >= 11 is 0. The molecule has 0 rings (SSSR count). The maximum atomic E-state index is 12.5. The molecule has 3 N–H and O–H groups in total. The van der Waals surface area contributed by atoms with E-state index in [1.54, 1.807) is 0 Å². The molecule has 2 unspecified atom stereocenters. The molecule has 0 fully saturated rings. The van der Waals surface area contributed by atoms with Gasteiger partial charge in [-0.3, -0.25) is 9.59 Å². The molecule has 0 saturated carbocycles. The summed E-state index contributed by atoms with van der Waals surface area (Å²) in [5.74, 6) is -0.0507. The molecule has 6 nitrogen and oxygen atoms in total. The summed E-state index contributed by atoms with van der Waals surface area (Å²) in [4.78, 5) is 24.6. The minimum Gasteiger partial charge on any atom is -0.466 e. The molecule has 0 saturated heterocycles. The van der Waals surface area contributed by atoms with Crippen LogP contribution in [-0.2, 0) is 14.3 Å². The van der Waals surface area contributed by atoms with Crippen LogP contribution >= 0.6 is 0 Å². The Morgan fingerprint density at radius 2 is 0.689 bits per heavy atom. The lowest BCUT2D eigenvalue weighted by molar-refractivity contribution is -0.143. The van der Waals surface area contributed by atoms with Gasteiger partial charge in [0.1, 0.15) is 0 Å². The number of hydrogen-bond acceptors (Lipinski definition) is 5. The number of unbranched alkanes of at least 4 members (excludes halogenated alkanes) is 42. The van der Waals surface area contributed by atoms with Gasteiger partial charge in [-0.15, -0.1) is 0 Å². The van der Waals surface area contributed by atoms with E-state index >= 15 is 0 Å². The molecule has 0 aromatic rings. The Hall–Kier alpha value is -2.18. The molecule has 0 heterocycles. The molecular weight excluding hydrogens is 911 g/mol. The minimum atomic E-state index is -0.673. The van der Waals surface area contributed by atoms with E-state index in [1.165, 1.54) is 250 Å². The van der Waals surface area contributed by atoms with Crippen LogP contribution in [-0.4, -0.2) is 47.4 Å². The molecule has 0 spiro atoms. The molecule has 0 aliphatic rings. The zero-order chi connectivity index (χ0) is 53.6. The number of esters is 1. The molecule has 0 aromatic carbocycles. The molecule has 2 atom stereocenters. The fourth-order valence-corrected chi connectivity index (χ4v) is 10.0. The maximum Gasteiger partial charge on any atom is 0.305 e. The van der Waals surface area contributed by atoms with Crippen LogP contribution < -0.4 is 5.32 Å². The van der Waals surface area contributed by atoms with Crippen molar-refractivity contribution in [1.29, 1.82) is 0 Å². The number of aliphatic hydroxyl groups excluding tert-OH is 2. The molecule has 434 valence electrons. The topological polar surface area (TPSA) is 95.9 Å². The Labute approximate surface area is 461 Å². The van der Waals surface area contributed by atoms with Crippen molar-refractivity contribution >= 4 is 11.9 Å². The number of carbonyl (C=O) groups excluding carboxylic acids is 2. The van der Waals surface area contributed by atoms with E-state index in [-0.39, 0.29) is 18.5 Å². The molecular formula is C68H127NO5. The average Bonchev–Trinajstić information content (AvgIpc) is 3.40. The number of nitrogens with one attached hydrogen (secondary N) is 1. The van der Waals surface area contributed by atoms with E-state index in [1.807, 2.05) is 0 Å². The van der Waals surface area contributed by atoms with Gasteiger partial charge in [-0.1, -0.05) is 300 Å². The quantitative estimate of drug-likeness (QED) is 0.0320. The van der Waals surface area contributed by atoms with Crippen LogP contribution in [0.4, 0.5) is 0 Å². The standard InChI is InChI=1S/C68H127NO5/c1-3-5-7-9-11-13-15-17-19-20-21-27-30-33-36-40-44-48-52-56-60-66(71)65(64-70)69-67(72)61-57-53-49-45-41-37-34-31-28-25-23-22-24-26-29-32-35-39-43-47-51-55-59-63-74-68(73)62-58-54-50-46-42-38-18-16-14-12-10-8-6-4-2/h10,12,16,18,22,24-25,28,65-66,70-71H,3-9,11,13-15,17,19-21,23,26-27,29-64H2,1-2H3,(H,69,72)/b12-10-,18-16-,24-22-,28-25-. The predicted octanol–water partition coefficient (Wildman–Crippen LogP) is 20.9. The third kappa shape index (κ3) is 59.1. The van der Waals surface area contributed by atoms with Gasteiger partial charge >= 0.3 is 5.97 Å². The third-order valence-corrected chi connectivity index (χ3v) is 15.1. The van der Waals surface area contributed by atoms with Gasteiger partial charge in [-0.05, 0) is 83.5 Å². The third-order valence-electron chi connectivity index (χ3n) is 15.1. The smallest absolute Gasteiger partial charge is 0.305 e. The normalized spacial score (nSPS) is 12.9. The lowest BCUT2D eigenvalue weighted by atomic mass is 10.0. The first kappa shape index (κ1) is 71.8. The highest BCUT2D eigenvalue weighted by atomic mass is 16.5. The van der Waals surface area contributed by atoms with Crippen LogP contribution in [0.3, 0.4) is 0 Å². The van der Waals surface area contributed by atoms with E-state index in [0.717, 1.165) is 64.2 Å². The highest BCUT2D eigenvalue weighted by molar-refractivity contribution is 5.76. The summed E-state index contributed by atoms with van der Waals surface area (Å²) < 4.78 is 5.47. The van der Waals surface area contributed by atoms with E-state index in [2.05, 4.69) is 67.8 Å². The van der Waals surface area contributed by atoms with Gasteiger partial charge < -0.3 is 20.3 Å². The predicted molar refractivity (Wildman–Crippen MR) is 324 cm³/mol. The molecule has 0 radical (unpaired) electrons. The maximum absolute atomic E-state index is 12.5. The van der Waals surface area contributed by atoms with E-state index in [4.69, 9.17) is 4.74 Å². The van der Waals surface area contributed by atoms with Gasteiger partial charge in [0.15, 0.2) is 0 Å². The van der Waals surface area contributed by atoms with Crippen molar-refractivity contribution in [3.05, 3.63) is 48.6 Å². The Morgan fingerprint density at radius 3 is 1.07 bits per heavy atom. The lowest BCUT2D eigenvalue weighted by Gasteiger charge is -2.22. The van der Waals surface area contributed by atoms with Crippen molar-refractivity contribution in [1.82, 2.24) is 5.32 Å². The lowest BCUT2D eigenvalue weighted by Crippen LogP contribution is -2.45. The van der Waals surface area contributed by atoms with E-state index in [0.29, 0.717) is 25.9 Å². The molecule has 74 heavy (non-hydrogen) atoms. The van der Waals surface area contributed by atoms with Crippen LogP contribution in [0.2, 0.25) is 0 Å². The summed E-state index contributed by atoms with van der Waals surface area (Å²) in [7, 11) is 0. The summed E-state index contributed by atoms with van der Waals surface area (Å²) in [5, 5.41) is 23.4. The van der Waals surface area contributed by atoms with Gasteiger partial charge in [0, 0.05) is 12.8 Å². The Morgan fingerprint density at radius 1 is 0.378 bits per heavy atom. The van der Waals surface area contributed by atoms with Crippen LogP contribution in [0.5, 0.6) is 0 Å². The zero-order valence-electron chi connectivity index (χ0n) is 49.6. The van der Waals surface area contributed by atoms with Gasteiger partial charge in [0.05, 0.1) is 25.4 Å². The number of rotatable bonds is 61. The van der Waals surface area contributed by atoms with Crippen LogP contribution in [0.25, 0.3) is 0 Å². The number of carbonyl (C=O) groups is 2. The second-order valence-electron chi connectivity index (χ2n) is 22.4. The fraction of sp³-hybridized carbons (Fsp3) is 0.853. The summed E-state index contributed by atoms with van der Waals surface area (Å²) in [6.07, 6.45) is 81.3. The SMILES string of the molecule is CCCC/C=C\C/C=C\CCCCCCCC(=O)OCCCCCCCCCCC/C=C\C/C=C\CCCCCCCCCC(=O)NC(CO)C(O)CCCCCCCCCCCCCCCCCCCCCC. The van der Waals surface area contributed by atoms with Crippen molar-refractivity contribution in [3.63, 3.8) is 0 Å². The number of aliphatic hydroxyl groups is 2. The van der Waals surface area contributed by atoms with Gasteiger partial charge in [0.25, 0.3) is 0 Å². The summed E-state index contributed by atoms with van der Waals surface area (Å²) in [6, 6.07) is -0.551. The van der Waals surface area contributed by atoms with Gasteiger partial charge in [0.2, 0.25) is 5.91 Å². The Balaban J connectivity index is 3.46. The number of hydrogen-bond donors (Lipinski definition) is 3. The average molecular weight is 1040 g/mol. The van der Waals surface area contributed by atoms with Gasteiger partial charge in [-0.25, -0.2) is 0 Å². The second kappa shape index (κ2) is 63.4. The molecule has 0 aromatic heterocycles. The zero-order valence-corrected chi connectivity index (χ0v) is 49.6. The molecule has 6 heteroatoms. The summed E-state index contributed by atoms with van der Waals surface area (Å²) in [5.41, 5.74) is 0. The summed E-state index contributed by atoms with van der Waals surface area (Å²) in [6.45, 7) is 4.92. The van der Waals surface area contributed by atoms with E-state index in [9.17, 15) is 19.8 Å². The minimum absolute atomic E-state index is 0.00756. The van der Waals surface area contributed by atoms with E-state index < -0.39 is 12.1 Å². The van der Waals surface area contributed by atoms with Crippen LogP contribution in [0, 0.1) is 0 Å². The molecule has 0 aliphatic carbocycles. The van der Waals surface area contributed by atoms with Crippen molar-refractivity contribution in [2.24, 2.45) is 0 Å². The molecule has 0 bridgehead atoms. The highest BCUT2D eigenvalue weighted by Crippen LogP contribution is 2.18. The van der Waals surface area contributed by atoms with Crippen molar-refractivity contribution in [3.8, 4) is 0 Å². The van der Waals surface area contributed by atoms with Gasteiger partial charge in [-0.2, -0.15) is 0 Å². The molecule has 0 aliphatic heterocycles. The van der Waals surface area contributed by atoms with Crippen molar-refractivity contribution < 1.29 is 24.5 Å². The number of ether oxygens (including phenoxy) is 1. The van der Waals surface area contributed by atoms with Crippen molar-refractivity contribution in [2.45, 2.75) is 360 Å².